The Bertz CT molecular complexity index is 1680. The molecule has 0 fully saturated rings. The summed E-state index contributed by atoms with van der Waals surface area (Å²) in [6, 6.07) is 20.8. The van der Waals surface area contributed by atoms with E-state index in [4.69, 9.17) is 4.74 Å². The fraction of sp³-hybridized carbons (Fsp3) is 0.343. The molecule has 1 aromatic heterocycles. The van der Waals surface area contributed by atoms with Crippen LogP contribution < -0.4 is 26.0 Å². The summed E-state index contributed by atoms with van der Waals surface area (Å²) in [5.74, 6) is 1.79. The lowest BCUT2D eigenvalue weighted by Crippen LogP contribution is -2.59. The summed E-state index contributed by atoms with van der Waals surface area (Å²) < 4.78 is 6.50. The first kappa shape index (κ1) is 24.5. The van der Waals surface area contributed by atoms with Gasteiger partial charge in [-0.2, -0.15) is 0 Å². The molecule has 3 aliphatic rings. The monoisotopic (exact) mass is 512 g/mol. The number of ether oxygens (including phenoxy) is 1. The normalized spacial score (nSPS) is 17.6. The highest BCUT2D eigenvalue weighted by Crippen LogP contribution is 2.52. The quantitative estimate of drug-likeness (QED) is 0.221. The van der Waals surface area contributed by atoms with Crippen molar-refractivity contribution >= 4 is 40.2 Å². The van der Waals surface area contributed by atoms with Gasteiger partial charge in [0.1, 0.15) is 11.5 Å². The summed E-state index contributed by atoms with van der Waals surface area (Å²) in [6.07, 6.45) is 4.91. The minimum absolute atomic E-state index is 0.0526. The van der Waals surface area contributed by atoms with Crippen LogP contribution in [0.2, 0.25) is 0 Å². The average molecular weight is 513 g/mol. The molecule has 0 spiro atoms. The summed E-state index contributed by atoms with van der Waals surface area (Å²) in [6.45, 7) is 18.8. The van der Waals surface area contributed by atoms with Crippen molar-refractivity contribution in [2.45, 2.75) is 78.1 Å². The van der Waals surface area contributed by atoms with Crippen LogP contribution in [0.15, 0.2) is 67.0 Å². The largest absolute Gasteiger partial charge is 0.457 e. The predicted molar refractivity (Wildman–Crippen MR) is 164 cm³/mol. The van der Waals surface area contributed by atoms with E-state index in [1.54, 1.807) is 0 Å². The Morgan fingerprint density at radius 2 is 1.59 bits per heavy atom. The third-order valence-corrected chi connectivity index (χ3v) is 9.17. The first-order chi connectivity index (χ1) is 18.3. The van der Waals surface area contributed by atoms with Gasteiger partial charge in [0.2, 0.25) is 0 Å². The molecule has 3 nitrogen and oxygen atoms in total. The van der Waals surface area contributed by atoms with Crippen LogP contribution in [-0.2, 0) is 16.2 Å². The lowest BCUT2D eigenvalue weighted by Gasteiger charge is -2.41. The predicted octanol–water partition coefficient (Wildman–Crippen LogP) is 7.05. The van der Waals surface area contributed by atoms with E-state index in [0.29, 0.717) is 0 Å². The summed E-state index contributed by atoms with van der Waals surface area (Å²) in [4.78, 5) is 6.91. The molecule has 39 heavy (non-hydrogen) atoms. The second-order valence-electron chi connectivity index (χ2n) is 14.2. The maximum atomic E-state index is 6.50. The number of nitrogens with zero attached hydrogens (tertiary/aromatic N) is 2. The van der Waals surface area contributed by atoms with Crippen molar-refractivity contribution in [3.8, 4) is 11.5 Å². The summed E-state index contributed by atoms with van der Waals surface area (Å²) in [7, 11) is 0. The second-order valence-corrected chi connectivity index (χ2v) is 14.2. The Morgan fingerprint density at radius 3 is 2.33 bits per heavy atom. The van der Waals surface area contributed by atoms with E-state index < -0.39 is 0 Å². The maximum Gasteiger partial charge on any atom is 0.256 e. The SMILES string of the molecule is Cc1cc(N2c3cc4c(cc3B3c5ccncc5Oc5cccc2c53)C(C)(C)CC4(C)C)cc(C(C)(C)C)c1. The van der Waals surface area contributed by atoms with Gasteiger partial charge < -0.3 is 9.64 Å². The minimum Gasteiger partial charge on any atom is -0.457 e. The number of hydrogen-bond donors (Lipinski definition) is 0. The zero-order valence-corrected chi connectivity index (χ0v) is 24.4. The Morgan fingerprint density at radius 1 is 0.846 bits per heavy atom. The summed E-state index contributed by atoms with van der Waals surface area (Å²) in [5, 5.41) is 0. The highest BCUT2D eigenvalue weighted by atomic mass is 16.5. The van der Waals surface area contributed by atoms with Crippen molar-refractivity contribution in [1.29, 1.82) is 0 Å². The molecule has 4 heteroatoms. The van der Waals surface area contributed by atoms with Crippen molar-refractivity contribution in [3.63, 3.8) is 0 Å². The van der Waals surface area contributed by atoms with E-state index in [1.807, 2.05) is 12.4 Å². The topological polar surface area (TPSA) is 25.4 Å². The molecule has 3 heterocycles. The number of rotatable bonds is 1. The second kappa shape index (κ2) is 7.78. The molecule has 0 unspecified atom stereocenters. The lowest BCUT2D eigenvalue weighted by molar-refractivity contribution is 0.403. The van der Waals surface area contributed by atoms with Gasteiger partial charge in [-0.05, 0) is 105 Å². The van der Waals surface area contributed by atoms with E-state index in [9.17, 15) is 0 Å². The van der Waals surface area contributed by atoms with Crippen LogP contribution in [0.1, 0.15) is 77.1 Å². The minimum atomic E-state index is 0.0526. The highest BCUT2D eigenvalue weighted by Gasteiger charge is 2.47. The van der Waals surface area contributed by atoms with Gasteiger partial charge in [0.05, 0.1) is 6.20 Å². The molecule has 4 aromatic rings. The Kier molecular flexibility index (Phi) is 4.89. The third-order valence-electron chi connectivity index (χ3n) is 9.17. The van der Waals surface area contributed by atoms with Crippen molar-refractivity contribution in [1.82, 2.24) is 4.98 Å². The average Bonchev–Trinajstić information content (AvgIpc) is 3.04. The van der Waals surface area contributed by atoms with Crippen LogP contribution in [-0.4, -0.2) is 11.7 Å². The van der Waals surface area contributed by atoms with Gasteiger partial charge in [0, 0.05) is 23.3 Å². The molecule has 196 valence electrons. The molecule has 2 aliphatic heterocycles. The van der Waals surface area contributed by atoms with Gasteiger partial charge in [-0.3, -0.25) is 4.98 Å². The van der Waals surface area contributed by atoms with Crippen LogP contribution in [0.25, 0.3) is 0 Å². The number of anilines is 3. The van der Waals surface area contributed by atoms with Gasteiger partial charge in [0.25, 0.3) is 6.71 Å². The molecule has 0 N–H and O–H groups in total. The molecule has 0 saturated carbocycles. The zero-order chi connectivity index (χ0) is 27.5. The van der Waals surface area contributed by atoms with Crippen LogP contribution in [0.4, 0.5) is 17.1 Å². The Hall–Kier alpha value is -3.53. The van der Waals surface area contributed by atoms with Crippen LogP contribution in [0.5, 0.6) is 11.5 Å². The van der Waals surface area contributed by atoms with Crippen molar-refractivity contribution < 1.29 is 4.74 Å². The van der Waals surface area contributed by atoms with Gasteiger partial charge >= 0.3 is 0 Å². The maximum absolute atomic E-state index is 6.50. The van der Waals surface area contributed by atoms with Crippen LogP contribution in [0, 0.1) is 6.92 Å². The Balaban J connectivity index is 1.58. The third kappa shape index (κ3) is 3.53. The smallest absolute Gasteiger partial charge is 0.256 e. The first-order valence-corrected chi connectivity index (χ1v) is 14.2. The van der Waals surface area contributed by atoms with E-state index in [1.165, 1.54) is 55.7 Å². The van der Waals surface area contributed by atoms with Gasteiger partial charge in [-0.1, -0.05) is 66.7 Å². The van der Waals surface area contributed by atoms with Gasteiger partial charge in [-0.15, -0.1) is 0 Å². The molecule has 0 bridgehead atoms. The molecular formula is C35H37BN2O. The molecule has 0 saturated heterocycles. The van der Waals surface area contributed by atoms with Crippen LogP contribution >= 0.6 is 0 Å². The molecule has 0 amide bonds. The summed E-state index contributed by atoms with van der Waals surface area (Å²) >= 11 is 0. The molecular weight excluding hydrogens is 475 g/mol. The van der Waals surface area contributed by atoms with Gasteiger partial charge in [-0.25, -0.2) is 0 Å². The van der Waals surface area contributed by atoms with E-state index in [0.717, 1.165) is 17.9 Å². The first-order valence-electron chi connectivity index (χ1n) is 14.2. The number of hydrogen-bond acceptors (Lipinski definition) is 3. The molecule has 3 aromatic carbocycles. The lowest BCUT2D eigenvalue weighted by atomic mass is 9.34. The molecule has 7 rings (SSSR count). The number of aromatic nitrogens is 1. The highest BCUT2D eigenvalue weighted by molar-refractivity contribution is 6.99. The summed E-state index contributed by atoms with van der Waals surface area (Å²) in [5.41, 5.74) is 13.4. The number of fused-ring (bicyclic) bond motifs is 5. The zero-order valence-electron chi connectivity index (χ0n) is 24.4. The van der Waals surface area contributed by atoms with Crippen molar-refractivity contribution in [3.05, 3.63) is 89.2 Å². The van der Waals surface area contributed by atoms with Crippen LogP contribution in [0.3, 0.4) is 0 Å². The molecule has 1 aliphatic carbocycles. The number of benzene rings is 3. The van der Waals surface area contributed by atoms with Gasteiger partial charge in [0.15, 0.2) is 0 Å². The molecule has 0 radical (unpaired) electrons. The van der Waals surface area contributed by atoms with Crippen molar-refractivity contribution in [2.75, 3.05) is 4.90 Å². The van der Waals surface area contributed by atoms with E-state index in [-0.39, 0.29) is 23.0 Å². The van der Waals surface area contributed by atoms with Crippen molar-refractivity contribution in [2.24, 2.45) is 0 Å². The fourth-order valence-electron chi connectivity index (χ4n) is 7.60. The van der Waals surface area contributed by atoms with E-state index in [2.05, 4.69) is 120 Å². The Labute approximate surface area is 233 Å². The standard InChI is InChI=1S/C35H37BN2O/c1-21-14-22(33(2,3)4)16-23(15-21)38-28-10-9-11-30-32(28)36(26-12-13-37-19-31(26)39-30)27-17-24-25(18-29(27)38)35(7,8)20-34(24,5)6/h9-19H,20H2,1-8H3. The number of pyridine rings is 1. The van der Waals surface area contributed by atoms with E-state index >= 15 is 0 Å². The fourth-order valence-corrected chi connectivity index (χ4v) is 7.60. The molecule has 0 atom stereocenters. The number of aryl methyl sites for hydroxylation is 1.